The normalized spacial score (nSPS) is 10.6. The first-order valence-electron chi connectivity index (χ1n) is 6.84. The van der Waals surface area contributed by atoms with Crippen molar-refractivity contribution in [1.29, 1.82) is 0 Å². The number of hydrogen-bond acceptors (Lipinski definition) is 7. The number of aromatic nitrogens is 4. The molecule has 0 fully saturated rings. The van der Waals surface area contributed by atoms with Crippen LogP contribution in [0.3, 0.4) is 0 Å². The molecule has 0 aliphatic carbocycles. The minimum absolute atomic E-state index is 0.332. The maximum absolute atomic E-state index is 5.86. The lowest BCUT2D eigenvalue weighted by Crippen LogP contribution is -2.20. The molecule has 112 valence electrons. The number of hydrogen-bond donors (Lipinski definition) is 2. The van der Waals surface area contributed by atoms with Gasteiger partial charge in [0.2, 0.25) is 6.39 Å². The summed E-state index contributed by atoms with van der Waals surface area (Å²) in [4.78, 5) is 4.29. The average Bonchev–Trinajstić information content (AvgIpc) is 2.99. The molecule has 0 aliphatic rings. The molecule has 2 aromatic rings. The summed E-state index contributed by atoms with van der Waals surface area (Å²) in [6.45, 7) is 4.69. The lowest BCUT2D eigenvalue weighted by Gasteiger charge is -2.15. The van der Waals surface area contributed by atoms with Gasteiger partial charge in [0, 0.05) is 13.0 Å². The topological polar surface area (TPSA) is 103 Å². The fraction of sp³-hybridized carbons (Fsp3) is 0.462. The quantitative estimate of drug-likeness (QED) is 0.737. The molecule has 7 nitrogen and oxygen atoms in total. The Morgan fingerprint density at radius 2 is 2.14 bits per heavy atom. The van der Waals surface area contributed by atoms with Crippen molar-refractivity contribution in [3.8, 4) is 0 Å². The maximum atomic E-state index is 5.86. The van der Waals surface area contributed by atoms with Crippen LogP contribution in [0.5, 0.6) is 0 Å². The Morgan fingerprint density at radius 1 is 1.33 bits per heavy atom. The zero-order valence-corrected chi connectivity index (χ0v) is 12.9. The van der Waals surface area contributed by atoms with Crippen LogP contribution in [0.4, 0.5) is 5.82 Å². The molecule has 0 aliphatic heterocycles. The number of thiocarbonyl (C=S) groups is 1. The predicted octanol–water partition coefficient (Wildman–Crippen LogP) is 1.27. The van der Waals surface area contributed by atoms with Crippen LogP contribution in [0.25, 0.3) is 0 Å². The van der Waals surface area contributed by atoms with Crippen molar-refractivity contribution in [3.05, 3.63) is 29.0 Å². The van der Waals surface area contributed by atoms with Crippen molar-refractivity contribution in [2.75, 3.05) is 11.9 Å². The Kier molecular flexibility index (Phi) is 5.15. The summed E-state index contributed by atoms with van der Waals surface area (Å²) in [7, 11) is 0. The van der Waals surface area contributed by atoms with Crippen molar-refractivity contribution in [2.45, 2.75) is 33.1 Å². The molecule has 2 heterocycles. The van der Waals surface area contributed by atoms with E-state index in [0.29, 0.717) is 29.6 Å². The van der Waals surface area contributed by atoms with Crippen molar-refractivity contribution >= 4 is 23.0 Å². The summed E-state index contributed by atoms with van der Waals surface area (Å²) in [5.41, 5.74) is 8.64. The van der Waals surface area contributed by atoms with Gasteiger partial charge < -0.3 is 15.6 Å². The molecule has 2 aromatic heterocycles. The molecule has 0 radical (unpaired) electrons. The number of anilines is 1. The van der Waals surface area contributed by atoms with Crippen LogP contribution in [0.1, 0.15) is 36.5 Å². The summed E-state index contributed by atoms with van der Waals surface area (Å²) in [5, 5.41) is 15.4. The zero-order valence-electron chi connectivity index (χ0n) is 12.1. The van der Waals surface area contributed by atoms with E-state index in [1.165, 1.54) is 6.39 Å². The van der Waals surface area contributed by atoms with Crippen LogP contribution in [-0.4, -0.2) is 31.9 Å². The van der Waals surface area contributed by atoms with Gasteiger partial charge in [-0.1, -0.05) is 31.2 Å². The van der Waals surface area contributed by atoms with Crippen LogP contribution in [0.15, 0.2) is 10.9 Å². The van der Waals surface area contributed by atoms with Gasteiger partial charge in [0.15, 0.2) is 11.6 Å². The molecule has 2 rings (SSSR count). The molecular weight excluding hydrogens is 288 g/mol. The predicted molar refractivity (Wildman–Crippen MR) is 83.2 cm³/mol. The second-order valence-corrected chi connectivity index (χ2v) is 4.88. The number of rotatable bonds is 7. The average molecular weight is 306 g/mol. The molecule has 21 heavy (non-hydrogen) atoms. The van der Waals surface area contributed by atoms with E-state index in [-0.39, 0.29) is 0 Å². The molecule has 8 heteroatoms. The van der Waals surface area contributed by atoms with Gasteiger partial charge in [0.1, 0.15) is 4.99 Å². The molecule has 0 saturated heterocycles. The van der Waals surface area contributed by atoms with Gasteiger partial charge in [-0.3, -0.25) is 0 Å². The lowest BCUT2D eigenvalue weighted by atomic mass is 10.0. The Labute approximate surface area is 128 Å². The van der Waals surface area contributed by atoms with Crippen molar-refractivity contribution in [1.82, 2.24) is 20.3 Å². The smallest absolute Gasteiger partial charge is 0.213 e. The van der Waals surface area contributed by atoms with Gasteiger partial charge >= 0.3 is 0 Å². The molecule has 0 bridgehead atoms. The van der Waals surface area contributed by atoms with E-state index in [9.17, 15) is 0 Å². The van der Waals surface area contributed by atoms with E-state index in [0.717, 1.165) is 29.7 Å². The van der Waals surface area contributed by atoms with Gasteiger partial charge in [0.25, 0.3) is 0 Å². The van der Waals surface area contributed by atoms with E-state index in [4.69, 9.17) is 18.0 Å². The highest BCUT2D eigenvalue weighted by Crippen LogP contribution is 2.20. The van der Waals surface area contributed by atoms with Crippen LogP contribution >= 0.6 is 12.2 Å². The van der Waals surface area contributed by atoms with Crippen molar-refractivity contribution in [2.24, 2.45) is 5.73 Å². The molecule has 0 unspecified atom stereocenters. The minimum Gasteiger partial charge on any atom is -0.389 e. The SMILES string of the molecule is CCc1nnc(NCCc2ncon2)c(C(N)=S)c1CC. The van der Waals surface area contributed by atoms with E-state index >= 15 is 0 Å². The number of nitrogens with zero attached hydrogens (tertiary/aromatic N) is 4. The Morgan fingerprint density at radius 3 is 2.71 bits per heavy atom. The first-order valence-corrected chi connectivity index (χ1v) is 7.25. The number of nitrogens with two attached hydrogens (primary N) is 1. The van der Waals surface area contributed by atoms with E-state index < -0.39 is 0 Å². The lowest BCUT2D eigenvalue weighted by molar-refractivity contribution is 0.410. The van der Waals surface area contributed by atoms with E-state index in [1.807, 2.05) is 6.92 Å². The largest absolute Gasteiger partial charge is 0.389 e. The summed E-state index contributed by atoms with van der Waals surface area (Å²) in [5.74, 6) is 1.24. The van der Waals surface area contributed by atoms with E-state index in [2.05, 4.69) is 37.1 Å². The number of nitrogens with one attached hydrogen (secondary N) is 1. The molecule has 0 spiro atoms. The molecule has 0 saturated carbocycles. The molecule has 0 atom stereocenters. The standard InChI is InChI=1S/C13H18N6OS/c1-3-8-9(4-2)17-18-13(11(8)12(14)21)15-6-5-10-16-7-20-19-10/h7H,3-6H2,1-2H3,(H2,14,21)(H,15,18). The van der Waals surface area contributed by atoms with E-state index in [1.54, 1.807) is 0 Å². The van der Waals surface area contributed by atoms with Gasteiger partial charge in [-0.15, -0.1) is 5.10 Å². The zero-order chi connectivity index (χ0) is 15.2. The molecular formula is C13H18N6OS. The third-order valence-electron chi connectivity index (χ3n) is 3.14. The monoisotopic (exact) mass is 306 g/mol. The third-order valence-corrected chi connectivity index (χ3v) is 3.34. The Hall–Kier alpha value is -2.09. The van der Waals surface area contributed by atoms with Crippen LogP contribution < -0.4 is 11.1 Å². The van der Waals surface area contributed by atoms with Gasteiger partial charge in [-0.2, -0.15) is 10.1 Å². The summed E-state index contributed by atoms with van der Waals surface area (Å²) in [6, 6.07) is 0. The fourth-order valence-corrected chi connectivity index (χ4v) is 2.38. The maximum Gasteiger partial charge on any atom is 0.213 e. The fourth-order valence-electron chi connectivity index (χ4n) is 2.16. The second kappa shape index (κ2) is 7.07. The minimum atomic E-state index is 0.332. The highest BCUT2D eigenvalue weighted by atomic mass is 32.1. The van der Waals surface area contributed by atoms with Crippen LogP contribution in [0.2, 0.25) is 0 Å². The summed E-state index contributed by atoms with van der Waals surface area (Å²) >= 11 is 5.17. The third kappa shape index (κ3) is 3.52. The Bertz CT molecular complexity index is 613. The van der Waals surface area contributed by atoms with Gasteiger partial charge in [0.05, 0.1) is 11.3 Å². The van der Waals surface area contributed by atoms with Crippen LogP contribution in [-0.2, 0) is 19.3 Å². The molecule has 3 N–H and O–H groups in total. The highest BCUT2D eigenvalue weighted by Gasteiger charge is 2.16. The van der Waals surface area contributed by atoms with Crippen LogP contribution in [0, 0.1) is 0 Å². The molecule has 0 amide bonds. The Balaban J connectivity index is 2.20. The summed E-state index contributed by atoms with van der Waals surface area (Å²) < 4.78 is 4.69. The number of aryl methyl sites for hydroxylation is 1. The van der Waals surface area contributed by atoms with Crippen molar-refractivity contribution in [3.63, 3.8) is 0 Å². The van der Waals surface area contributed by atoms with Gasteiger partial charge in [-0.25, -0.2) is 0 Å². The second-order valence-electron chi connectivity index (χ2n) is 4.44. The highest BCUT2D eigenvalue weighted by molar-refractivity contribution is 7.80. The molecule has 0 aromatic carbocycles. The first kappa shape index (κ1) is 15.3. The summed E-state index contributed by atoms with van der Waals surface area (Å²) in [6.07, 6.45) is 3.53. The first-order chi connectivity index (χ1) is 10.2. The van der Waals surface area contributed by atoms with Gasteiger partial charge in [-0.05, 0) is 18.4 Å². The van der Waals surface area contributed by atoms with Crippen molar-refractivity contribution < 1.29 is 4.52 Å².